The van der Waals surface area contributed by atoms with Crippen molar-refractivity contribution < 1.29 is 33.1 Å². The first-order chi connectivity index (χ1) is 16.9. The number of phosphoric acid groups is 1. The number of rotatable bonds is 27. The van der Waals surface area contributed by atoms with Crippen LogP contribution < -0.4 is 0 Å². The molecule has 0 spiro atoms. The van der Waals surface area contributed by atoms with Crippen LogP contribution in [0.25, 0.3) is 0 Å². The molecule has 210 valence electrons. The SMILES string of the molecule is CCCCCCCCCCCCCCCCCCC(CCC)C(=O)OCCOCCOP(=O)(O)O. The largest absolute Gasteiger partial charge is 0.469 e. The second-order valence-corrected chi connectivity index (χ2v) is 10.9. The molecule has 0 aromatic carbocycles. The average Bonchev–Trinajstić information content (AvgIpc) is 2.81. The van der Waals surface area contributed by atoms with Crippen molar-refractivity contribution in [1.29, 1.82) is 0 Å². The predicted octanol–water partition coefficient (Wildman–Crippen LogP) is 7.72. The van der Waals surface area contributed by atoms with Crippen molar-refractivity contribution in [3.8, 4) is 0 Å². The molecule has 8 heteroatoms. The van der Waals surface area contributed by atoms with Gasteiger partial charge >= 0.3 is 13.8 Å². The van der Waals surface area contributed by atoms with Gasteiger partial charge in [0, 0.05) is 0 Å². The van der Waals surface area contributed by atoms with Gasteiger partial charge in [0.25, 0.3) is 0 Å². The van der Waals surface area contributed by atoms with Gasteiger partial charge < -0.3 is 19.3 Å². The van der Waals surface area contributed by atoms with E-state index in [0.717, 1.165) is 25.7 Å². The number of ether oxygens (including phenoxy) is 2. The minimum Gasteiger partial charge on any atom is -0.463 e. The van der Waals surface area contributed by atoms with Gasteiger partial charge in [-0.15, -0.1) is 0 Å². The summed E-state index contributed by atoms with van der Waals surface area (Å²) in [4.78, 5) is 29.5. The normalized spacial score (nSPS) is 12.7. The van der Waals surface area contributed by atoms with Crippen LogP contribution in [-0.4, -0.2) is 42.2 Å². The summed E-state index contributed by atoms with van der Waals surface area (Å²) in [6.45, 7) is 4.53. The highest BCUT2D eigenvalue weighted by atomic mass is 31.2. The van der Waals surface area contributed by atoms with Crippen molar-refractivity contribution in [3.05, 3.63) is 0 Å². The third-order valence-corrected chi connectivity index (χ3v) is 6.85. The third-order valence-electron chi connectivity index (χ3n) is 6.34. The Labute approximate surface area is 215 Å². The van der Waals surface area contributed by atoms with Gasteiger partial charge in [-0.05, 0) is 12.8 Å². The summed E-state index contributed by atoms with van der Waals surface area (Å²) in [5.74, 6) is -0.215. The molecular formula is C27H55O7P. The topological polar surface area (TPSA) is 102 Å². The van der Waals surface area contributed by atoms with Crippen LogP contribution in [0.4, 0.5) is 0 Å². The molecule has 0 amide bonds. The molecule has 1 unspecified atom stereocenters. The number of phosphoric ester groups is 1. The molecule has 0 rings (SSSR count). The smallest absolute Gasteiger partial charge is 0.463 e. The zero-order valence-corrected chi connectivity index (χ0v) is 23.6. The molecule has 0 saturated heterocycles. The highest BCUT2D eigenvalue weighted by molar-refractivity contribution is 7.46. The molecule has 0 heterocycles. The van der Waals surface area contributed by atoms with Crippen molar-refractivity contribution in [2.45, 2.75) is 136 Å². The van der Waals surface area contributed by atoms with E-state index in [4.69, 9.17) is 19.3 Å². The molecule has 0 fully saturated rings. The lowest BCUT2D eigenvalue weighted by Gasteiger charge is -2.15. The Morgan fingerprint density at radius 2 is 1.09 bits per heavy atom. The second-order valence-electron chi connectivity index (χ2n) is 9.68. The van der Waals surface area contributed by atoms with Crippen LogP contribution in [0.15, 0.2) is 0 Å². The zero-order valence-electron chi connectivity index (χ0n) is 22.7. The summed E-state index contributed by atoms with van der Waals surface area (Å²) in [5, 5.41) is 0. The maximum absolute atomic E-state index is 12.3. The van der Waals surface area contributed by atoms with E-state index in [0.29, 0.717) is 0 Å². The van der Waals surface area contributed by atoms with Crippen LogP contribution >= 0.6 is 7.82 Å². The van der Waals surface area contributed by atoms with Gasteiger partial charge in [-0.1, -0.05) is 123 Å². The molecule has 35 heavy (non-hydrogen) atoms. The van der Waals surface area contributed by atoms with E-state index in [1.807, 2.05) is 0 Å². The molecular weight excluding hydrogens is 467 g/mol. The monoisotopic (exact) mass is 522 g/mol. The van der Waals surface area contributed by atoms with E-state index in [9.17, 15) is 9.36 Å². The van der Waals surface area contributed by atoms with Gasteiger partial charge in [0.15, 0.2) is 0 Å². The summed E-state index contributed by atoms with van der Waals surface area (Å²) < 4.78 is 25.3. The summed E-state index contributed by atoms with van der Waals surface area (Å²) in [7, 11) is -4.46. The fraction of sp³-hybridized carbons (Fsp3) is 0.963. The number of hydrogen-bond donors (Lipinski definition) is 2. The van der Waals surface area contributed by atoms with Crippen LogP contribution in [0.2, 0.25) is 0 Å². The maximum atomic E-state index is 12.3. The van der Waals surface area contributed by atoms with Gasteiger partial charge in [0.05, 0.1) is 25.7 Å². The lowest BCUT2D eigenvalue weighted by molar-refractivity contribution is -0.150. The van der Waals surface area contributed by atoms with Crippen molar-refractivity contribution in [2.24, 2.45) is 5.92 Å². The van der Waals surface area contributed by atoms with E-state index in [-0.39, 0.29) is 38.3 Å². The van der Waals surface area contributed by atoms with Crippen LogP contribution in [0.5, 0.6) is 0 Å². The number of esters is 1. The molecule has 0 bridgehead atoms. The Kier molecular flexibility index (Phi) is 24.9. The maximum Gasteiger partial charge on any atom is 0.469 e. The third kappa shape index (κ3) is 26.4. The second kappa shape index (κ2) is 25.2. The molecule has 0 aromatic heterocycles. The van der Waals surface area contributed by atoms with E-state index in [2.05, 4.69) is 18.4 Å². The van der Waals surface area contributed by atoms with Crippen molar-refractivity contribution in [2.75, 3.05) is 26.4 Å². The Morgan fingerprint density at radius 3 is 1.54 bits per heavy atom. The molecule has 2 N–H and O–H groups in total. The van der Waals surface area contributed by atoms with Gasteiger partial charge in [0.2, 0.25) is 0 Å². The molecule has 0 radical (unpaired) electrons. The number of unbranched alkanes of at least 4 members (excludes halogenated alkanes) is 15. The molecule has 0 aliphatic rings. The van der Waals surface area contributed by atoms with Gasteiger partial charge in [0.1, 0.15) is 6.61 Å². The van der Waals surface area contributed by atoms with E-state index >= 15 is 0 Å². The highest BCUT2D eigenvalue weighted by Gasteiger charge is 2.18. The van der Waals surface area contributed by atoms with E-state index in [1.165, 1.54) is 96.3 Å². The van der Waals surface area contributed by atoms with Crippen molar-refractivity contribution in [1.82, 2.24) is 0 Å². The van der Waals surface area contributed by atoms with Crippen LogP contribution in [0.1, 0.15) is 136 Å². The predicted molar refractivity (Wildman–Crippen MR) is 142 cm³/mol. The standard InChI is InChI=1S/C27H55O7P/c1-3-5-6-7-8-9-10-11-12-13-14-15-16-17-18-19-21-26(20-4-2)27(28)33-24-22-32-23-25-34-35(29,30)31/h26H,3-25H2,1-2H3,(H2,29,30,31). The fourth-order valence-electron chi connectivity index (χ4n) is 4.30. The summed E-state index contributed by atoms with van der Waals surface area (Å²) >= 11 is 0. The fourth-order valence-corrected chi connectivity index (χ4v) is 4.62. The molecule has 0 aromatic rings. The molecule has 1 atom stereocenters. The number of carbonyl (C=O) groups is 1. The van der Waals surface area contributed by atoms with Crippen LogP contribution in [-0.2, 0) is 23.4 Å². The average molecular weight is 523 g/mol. The number of hydrogen-bond acceptors (Lipinski definition) is 5. The molecule has 0 aliphatic heterocycles. The van der Waals surface area contributed by atoms with E-state index < -0.39 is 7.82 Å². The molecule has 0 saturated carbocycles. The number of carbonyl (C=O) groups excluding carboxylic acids is 1. The Bertz CT molecular complexity index is 510. The van der Waals surface area contributed by atoms with Gasteiger partial charge in [-0.3, -0.25) is 9.32 Å². The quantitative estimate of drug-likeness (QED) is 0.0646. The Morgan fingerprint density at radius 1 is 0.629 bits per heavy atom. The van der Waals surface area contributed by atoms with Gasteiger partial charge in [-0.2, -0.15) is 0 Å². The molecule has 0 aliphatic carbocycles. The van der Waals surface area contributed by atoms with Crippen LogP contribution in [0, 0.1) is 5.92 Å². The van der Waals surface area contributed by atoms with E-state index in [1.54, 1.807) is 0 Å². The van der Waals surface area contributed by atoms with Crippen molar-refractivity contribution in [3.63, 3.8) is 0 Å². The van der Waals surface area contributed by atoms with Gasteiger partial charge in [-0.25, -0.2) is 4.57 Å². The highest BCUT2D eigenvalue weighted by Crippen LogP contribution is 2.35. The first kappa shape index (κ1) is 34.5. The lowest BCUT2D eigenvalue weighted by atomic mass is 9.96. The summed E-state index contributed by atoms with van der Waals surface area (Å²) in [6, 6.07) is 0. The summed E-state index contributed by atoms with van der Waals surface area (Å²) in [5.41, 5.74) is 0. The minimum absolute atomic E-state index is 0.0419. The minimum atomic E-state index is -4.46. The van der Waals surface area contributed by atoms with Crippen LogP contribution in [0.3, 0.4) is 0 Å². The first-order valence-corrected chi connectivity index (χ1v) is 15.9. The Hall–Kier alpha value is -0.460. The first-order valence-electron chi connectivity index (χ1n) is 14.3. The Balaban J connectivity index is 3.56. The zero-order chi connectivity index (χ0) is 26.0. The molecule has 7 nitrogen and oxygen atoms in total. The lowest BCUT2D eigenvalue weighted by Crippen LogP contribution is -2.20. The summed E-state index contributed by atoms with van der Waals surface area (Å²) in [6.07, 6.45) is 24.1. The van der Waals surface area contributed by atoms with Crippen molar-refractivity contribution >= 4 is 13.8 Å².